The average Bonchev–Trinajstić information content (AvgIpc) is 2.24. The second-order valence-corrected chi connectivity index (χ2v) is 7.22. The number of hydrogen-bond acceptors (Lipinski definition) is 2. The zero-order chi connectivity index (χ0) is 15.6. The van der Waals surface area contributed by atoms with E-state index in [-0.39, 0.29) is 17.3 Å². The van der Waals surface area contributed by atoms with Crippen LogP contribution in [-0.4, -0.2) is 18.2 Å². The first-order valence-electron chi connectivity index (χ1n) is 6.94. The molecule has 1 aromatic rings. The molecular weight excluding hydrogens is 252 g/mol. The Kier molecular flexibility index (Phi) is 4.85. The largest absolute Gasteiger partial charge is 0.496 e. The molecule has 0 spiro atoms. The lowest BCUT2D eigenvalue weighted by Crippen LogP contribution is -2.25. The van der Waals surface area contributed by atoms with Crippen LogP contribution in [0.2, 0.25) is 0 Å². The summed E-state index contributed by atoms with van der Waals surface area (Å²) in [6, 6.07) is 5.88. The molecule has 0 atom stereocenters. The monoisotopic (exact) mass is 278 g/mol. The molecule has 0 bridgehead atoms. The Labute approximate surface area is 122 Å². The van der Waals surface area contributed by atoms with Gasteiger partial charge in [0.1, 0.15) is 5.75 Å². The molecule has 0 aliphatic heterocycles. The summed E-state index contributed by atoms with van der Waals surface area (Å²) >= 11 is 0. The van der Waals surface area contributed by atoms with E-state index in [0.29, 0.717) is 5.75 Å². The third kappa shape index (κ3) is 4.55. The first-order chi connectivity index (χ1) is 9.05. The highest BCUT2D eigenvalue weighted by atomic mass is 16.5. The molecule has 0 aromatic heterocycles. The molecule has 1 aromatic carbocycles. The SMILES string of the molecule is COc1ccc(C(C)(C)CC(C)(C)C)cc1CC(=O)O. The van der Waals surface area contributed by atoms with Crippen LogP contribution in [0.1, 0.15) is 52.2 Å². The van der Waals surface area contributed by atoms with Crippen LogP contribution in [0, 0.1) is 5.41 Å². The standard InChI is InChI=1S/C17H26O3/c1-16(2,3)11-17(4,5)13-7-8-14(20-6)12(9-13)10-15(18)19/h7-9H,10-11H2,1-6H3,(H,18,19). The molecule has 3 nitrogen and oxygen atoms in total. The molecule has 1 rings (SSSR count). The summed E-state index contributed by atoms with van der Waals surface area (Å²) in [4.78, 5) is 11.0. The summed E-state index contributed by atoms with van der Waals surface area (Å²) in [7, 11) is 1.57. The van der Waals surface area contributed by atoms with Gasteiger partial charge < -0.3 is 9.84 Å². The minimum Gasteiger partial charge on any atom is -0.496 e. The Balaban J connectivity index is 3.16. The highest BCUT2D eigenvalue weighted by Gasteiger charge is 2.28. The predicted molar refractivity (Wildman–Crippen MR) is 81.4 cm³/mol. The van der Waals surface area contributed by atoms with Crippen molar-refractivity contribution in [2.75, 3.05) is 7.11 Å². The van der Waals surface area contributed by atoms with E-state index in [4.69, 9.17) is 9.84 Å². The van der Waals surface area contributed by atoms with Gasteiger partial charge in [0.05, 0.1) is 13.5 Å². The van der Waals surface area contributed by atoms with Gasteiger partial charge in [-0.25, -0.2) is 0 Å². The minimum absolute atomic E-state index is 0.00221. The summed E-state index contributed by atoms with van der Waals surface area (Å²) in [5, 5.41) is 9.01. The predicted octanol–water partition coefficient (Wildman–Crippen LogP) is 4.04. The number of carbonyl (C=O) groups is 1. The molecule has 0 aliphatic rings. The number of rotatable bonds is 5. The fourth-order valence-corrected chi connectivity index (χ4v) is 2.93. The van der Waals surface area contributed by atoms with Gasteiger partial charge in [0.15, 0.2) is 0 Å². The smallest absolute Gasteiger partial charge is 0.307 e. The molecule has 0 amide bonds. The molecule has 0 saturated heterocycles. The number of benzene rings is 1. The topological polar surface area (TPSA) is 46.5 Å². The molecule has 112 valence electrons. The van der Waals surface area contributed by atoms with E-state index < -0.39 is 5.97 Å². The summed E-state index contributed by atoms with van der Waals surface area (Å²) in [6.07, 6.45) is 1.02. The molecule has 3 heteroatoms. The Hall–Kier alpha value is -1.51. The van der Waals surface area contributed by atoms with Crippen molar-refractivity contribution in [3.8, 4) is 5.75 Å². The molecule has 0 saturated carbocycles. The van der Waals surface area contributed by atoms with Crippen LogP contribution in [-0.2, 0) is 16.6 Å². The summed E-state index contributed by atoms with van der Waals surface area (Å²) in [5.41, 5.74) is 2.11. The molecule has 1 N–H and O–H groups in total. The number of ether oxygens (including phenoxy) is 1. The first-order valence-corrected chi connectivity index (χ1v) is 6.94. The van der Waals surface area contributed by atoms with Gasteiger partial charge in [-0.15, -0.1) is 0 Å². The van der Waals surface area contributed by atoms with E-state index in [2.05, 4.69) is 34.6 Å². The van der Waals surface area contributed by atoms with E-state index in [1.165, 1.54) is 0 Å². The van der Waals surface area contributed by atoms with Gasteiger partial charge in [0.2, 0.25) is 0 Å². The van der Waals surface area contributed by atoms with E-state index in [1.807, 2.05) is 18.2 Å². The first kappa shape index (κ1) is 16.5. The van der Waals surface area contributed by atoms with Crippen molar-refractivity contribution in [1.29, 1.82) is 0 Å². The Bertz CT molecular complexity index is 481. The van der Waals surface area contributed by atoms with Crippen LogP contribution in [0.4, 0.5) is 0 Å². The van der Waals surface area contributed by atoms with Gasteiger partial charge in [-0.3, -0.25) is 4.79 Å². The van der Waals surface area contributed by atoms with Crippen LogP contribution in [0.15, 0.2) is 18.2 Å². The van der Waals surface area contributed by atoms with Crippen LogP contribution in [0.25, 0.3) is 0 Å². The van der Waals surface area contributed by atoms with Crippen molar-refractivity contribution in [3.63, 3.8) is 0 Å². The maximum atomic E-state index is 11.0. The van der Waals surface area contributed by atoms with Crippen molar-refractivity contribution >= 4 is 5.97 Å². The van der Waals surface area contributed by atoms with Crippen LogP contribution in [0.3, 0.4) is 0 Å². The Morgan fingerprint density at radius 3 is 2.25 bits per heavy atom. The molecule has 0 aliphatic carbocycles. The quantitative estimate of drug-likeness (QED) is 0.884. The van der Waals surface area contributed by atoms with E-state index in [9.17, 15) is 4.79 Å². The molecule has 0 unspecified atom stereocenters. The van der Waals surface area contributed by atoms with Crippen molar-refractivity contribution in [2.45, 2.75) is 52.9 Å². The lowest BCUT2D eigenvalue weighted by atomic mass is 9.72. The zero-order valence-corrected chi connectivity index (χ0v) is 13.4. The lowest BCUT2D eigenvalue weighted by molar-refractivity contribution is -0.136. The Morgan fingerprint density at radius 1 is 1.20 bits per heavy atom. The van der Waals surface area contributed by atoms with Crippen molar-refractivity contribution in [2.24, 2.45) is 5.41 Å². The number of methoxy groups -OCH3 is 1. The maximum Gasteiger partial charge on any atom is 0.307 e. The fourth-order valence-electron chi connectivity index (χ4n) is 2.93. The van der Waals surface area contributed by atoms with Gasteiger partial charge in [-0.1, -0.05) is 46.8 Å². The molecular formula is C17H26O3. The zero-order valence-electron chi connectivity index (χ0n) is 13.4. The third-order valence-corrected chi connectivity index (χ3v) is 3.38. The Morgan fingerprint density at radius 2 is 1.80 bits per heavy atom. The average molecular weight is 278 g/mol. The molecule has 0 heterocycles. The minimum atomic E-state index is -0.839. The second-order valence-electron chi connectivity index (χ2n) is 7.22. The van der Waals surface area contributed by atoms with Gasteiger partial charge in [0, 0.05) is 5.56 Å². The third-order valence-electron chi connectivity index (χ3n) is 3.38. The van der Waals surface area contributed by atoms with Crippen LogP contribution < -0.4 is 4.74 Å². The van der Waals surface area contributed by atoms with Crippen LogP contribution in [0.5, 0.6) is 5.75 Å². The van der Waals surface area contributed by atoms with Crippen molar-refractivity contribution < 1.29 is 14.6 Å². The van der Waals surface area contributed by atoms with E-state index in [1.54, 1.807) is 7.11 Å². The maximum absolute atomic E-state index is 11.0. The van der Waals surface area contributed by atoms with Gasteiger partial charge >= 0.3 is 5.97 Å². The summed E-state index contributed by atoms with van der Waals surface area (Å²) < 4.78 is 5.25. The highest BCUT2D eigenvalue weighted by molar-refractivity contribution is 5.71. The number of carboxylic acids is 1. The summed E-state index contributed by atoms with van der Waals surface area (Å²) in [6.45, 7) is 11.1. The number of hydrogen-bond donors (Lipinski definition) is 1. The number of carboxylic acid groups (broad SMARTS) is 1. The van der Waals surface area contributed by atoms with Gasteiger partial charge in [0.25, 0.3) is 0 Å². The normalized spacial score (nSPS) is 12.3. The van der Waals surface area contributed by atoms with Crippen LogP contribution >= 0.6 is 0 Å². The fraction of sp³-hybridized carbons (Fsp3) is 0.588. The van der Waals surface area contributed by atoms with E-state index >= 15 is 0 Å². The van der Waals surface area contributed by atoms with Crippen molar-refractivity contribution in [3.05, 3.63) is 29.3 Å². The number of aliphatic carboxylic acids is 1. The lowest BCUT2D eigenvalue weighted by Gasteiger charge is -2.33. The second kappa shape index (κ2) is 5.86. The summed E-state index contributed by atoms with van der Waals surface area (Å²) in [5.74, 6) is -0.197. The van der Waals surface area contributed by atoms with E-state index in [0.717, 1.165) is 17.5 Å². The van der Waals surface area contributed by atoms with Crippen molar-refractivity contribution in [1.82, 2.24) is 0 Å². The van der Waals surface area contributed by atoms with Gasteiger partial charge in [-0.05, 0) is 28.9 Å². The molecule has 0 radical (unpaired) electrons. The molecule has 20 heavy (non-hydrogen) atoms. The highest BCUT2D eigenvalue weighted by Crippen LogP contribution is 2.37. The molecule has 0 fully saturated rings. The van der Waals surface area contributed by atoms with Gasteiger partial charge in [-0.2, -0.15) is 0 Å².